The van der Waals surface area contributed by atoms with Crippen molar-refractivity contribution in [3.05, 3.63) is 99.8 Å². The molecule has 0 amide bonds. The second-order valence-electron chi connectivity index (χ2n) is 7.44. The van der Waals surface area contributed by atoms with E-state index in [0.29, 0.717) is 12.2 Å². The summed E-state index contributed by atoms with van der Waals surface area (Å²) in [5.41, 5.74) is 7.04. The van der Waals surface area contributed by atoms with Gasteiger partial charge in [-0.15, -0.1) is 23.5 Å². The number of thioether (sulfide) groups is 2. The third kappa shape index (κ3) is 6.48. The van der Waals surface area contributed by atoms with E-state index in [0.717, 1.165) is 33.3 Å². The van der Waals surface area contributed by atoms with Crippen LogP contribution in [-0.2, 0) is 16.7 Å². The molecule has 1 heterocycles. The maximum atomic E-state index is 11.0. The van der Waals surface area contributed by atoms with E-state index >= 15 is 0 Å². The van der Waals surface area contributed by atoms with Crippen LogP contribution in [0.1, 0.15) is 23.1 Å². The molecule has 4 rings (SSSR count). The van der Waals surface area contributed by atoms with Gasteiger partial charge in [0.25, 0.3) is 0 Å². The molecule has 33 heavy (non-hydrogen) atoms. The van der Waals surface area contributed by atoms with E-state index in [1.54, 1.807) is 23.5 Å². The Morgan fingerprint density at radius 1 is 0.879 bits per heavy atom. The SMILES string of the molecule is CSC(SCCCS(=O)(=O)[O-])=C1c2ccccc2N(Cc2ccccc2)c2ccccc21.[Na+]. The van der Waals surface area contributed by atoms with Crippen molar-refractivity contribution >= 4 is 50.6 Å². The first-order valence-electron chi connectivity index (χ1n) is 10.3. The molecular weight excluding hydrogens is 481 g/mol. The van der Waals surface area contributed by atoms with E-state index in [1.807, 2.05) is 12.3 Å². The minimum atomic E-state index is -4.18. The molecule has 0 N–H and O–H groups in total. The molecule has 0 unspecified atom stereocenters. The first kappa shape index (κ1) is 26.4. The Morgan fingerprint density at radius 2 is 1.42 bits per heavy atom. The fraction of sp³-hybridized carbons (Fsp3) is 0.200. The van der Waals surface area contributed by atoms with Gasteiger partial charge in [0, 0.05) is 44.6 Å². The molecule has 1 aliphatic rings. The topological polar surface area (TPSA) is 60.4 Å². The molecule has 3 aromatic carbocycles. The van der Waals surface area contributed by atoms with Gasteiger partial charge in [-0.2, -0.15) is 0 Å². The number of rotatable bonds is 8. The van der Waals surface area contributed by atoms with E-state index in [1.165, 1.54) is 11.1 Å². The standard InChI is InChI=1S/C25H25NO3S3.Na/c1-30-25(31-16-9-17-32(27,28)29)24-20-12-5-7-14-22(20)26(18-19-10-3-2-4-11-19)23-15-8-6-13-21(23)24;/h2-8,10-15H,9,16-18H2,1H3,(H,27,28,29);/q;+1/p-1. The first-order chi connectivity index (χ1) is 15.5. The van der Waals surface area contributed by atoms with Crippen molar-refractivity contribution in [2.24, 2.45) is 0 Å². The molecule has 8 heteroatoms. The smallest absolute Gasteiger partial charge is 0.748 e. The summed E-state index contributed by atoms with van der Waals surface area (Å²) in [5, 5.41) is 0. The average molecular weight is 506 g/mol. The predicted molar refractivity (Wildman–Crippen MR) is 136 cm³/mol. The van der Waals surface area contributed by atoms with Crippen LogP contribution in [0.2, 0.25) is 0 Å². The van der Waals surface area contributed by atoms with E-state index in [9.17, 15) is 13.0 Å². The molecule has 0 bridgehead atoms. The molecule has 0 saturated heterocycles. The Labute approximate surface area is 226 Å². The molecule has 0 aliphatic carbocycles. The minimum absolute atomic E-state index is 0. The minimum Gasteiger partial charge on any atom is -0.748 e. The predicted octanol–water partition coefficient (Wildman–Crippen LogP) is 3.09. The number of hydrogen-bond donors (Lipinski definition) is 0. The van der Waals surface area contributed by atoms with Gasteiger partial charge in [0.1, 0.15) is 0 Å². The zero-order valence-corrected chi connectivity index (χ0v) is 23.2. The summed E-state index contributed by atoms with van der Waals surface area (Å²) in [6.07, 6.45) is 2.39. The molecular formula is C25H24NNaO3S3. The summed E-state index contributed by atoms with van der Waals surface area (Å²) < 4.78 is 34.1. The van der Waals surface area contributed by atoms with Gasteiger partial charge >= 0.3 is 29.6 Å². The Hall–Kier alpha value is -1.19. The number of hydrogen-bond acceptors (Lipinski definition) is 6. The average Bonchev–Trinajstić information content (AvgIpc) is 2.80. The summed E-state index contributed by atoms with van der Waals surface area (Å²) in [6, 6.07) is 27.3. The van der Waals surface area contributed by atoms with Crippen LogP contribution in [0.3, 0.4) is 0 Å². The van der Waals surface area contributed by atoms with Crippen LogP contribution in [0.15, 0.2) is 83.1 Å². The van der Waals surface area contributed by atoms with Crippen LogP contribution in [0.4, 0.5) is 11.4 Å². The maximum absolute atomic E-state index is 11.0. The fourth-order valence-corrected chi connectivity index (χ4v) is 6.57. The van der Waals surface area contributed by atoms with Crippen molar-refractivity contribution in [1.82, 2.24) is 0 Å². The second kappa shape index (κ2) is 12.0. The number of anilines is 2. The van der Waals surface area contributed by atoms with Gasteiger partial charge < -0.3 is 9.45 Å². The molecule has 166 valence electrons. The van der Waals surface area contributed by atoms with E-state index in [2.05, 4.69) is 77.7 Å². The van der Waals surface area contributed by atoms with Crippen molar-refractivity contribution in [3.63, 3.8) is 0 Å². The van der Waals surface area contributed by atoms with Gasteiger partial charge in [-0.05, 0) is 36.1 Å². The number of para-hydroxylation sites is 2. The summed E-state index contributed by atoms with van der Waals surface area (Å²) in [5.74, 6) is 0.258. The number of benzene rings is 3. The van der Waals surface area contributed by atoms with E-state index in [-0.39, 0.29) is 35.3 Å². The number of fused-ring (bicyclic) bond motifs is 2. The van der Waals surface area contributed by atoms with Gasteiger partial charge in [0.05, 0.1) is 10.1 Å². The summed E-state index contributed by atoms with van der Waals surface area (Å²) in [7, 11) is -4.18. The van der Waals surface area contributed by atoms with Crippen molar-refractivity contribution in [2.45, 2.75) is 13.0 Å². The largest absolute Gasteiger partial charge is 1.00 e. The third-order valence-corrected chi connectivity index (χ3v) is 8.45. The zero-order chi connectivity index (χ0) is 22.6. The molecule has 0 atom stereocenters. The molecule has 0 spiro atoms. The van der Waals surface area contributed by atoms with Gasteiger partial charge in [-0.25, -0.2) is 8.42 Å². The van der Waals surface area contributed by atoms with Crippen molar-refractivity contribution < 1.29 is 42.5 Å². The van der Waals surface area contributed by atoms with Crippen LogP contribution in [0, 0.1) is 0 Å². The Bertz CT molecular complexity index is 1180. The van der Waals surface area contributed by atoms with Gasteiger partial charge in [0.15, 0.2) is 0 Å². The van der Waals surface area contributed by atoms with E-state index in [4.69, 9.17) is 0 Å². The quantitative estimate of drug-likeness (QED) is 0.266. The van der Waals surface area contributed by atoms with Gasteiger partial charge in [-0.1, -0.05) is 66.7 Å². The van der Waals surface area contributed by atoms with Crippen molar-refractivity contribution in [2.75, 3.05) is 22.7 Å². The van der Waals surface area contributed by atoms with Crippen molar-refractivity contribution in [1.29, 1.82) is 0 Å². The Balaban J connectivity index is 0.00000306. The summed E-state index contributed by atoms with van der Waals surface area (Å²) in [4.78, 5) is 2.36. The van der Waals surface area contributed by atoms with Crippen molar-refractivity contribution in [3.8, 4) is 0 Å². The Morgan fingerprint density at radius 3 is 1.97 bits per heavy atom. The van der Waals surface area contributed by atoms with Crippen LogP contribution < -0.4 is 34.5 Å². The fourth-order valence-electron chi connectivity index (χ4n) is 3.91. The second-order valence-corrected chi connectivity index (χ2v) is 11.1. The molecule has 0 aromatic heterocycles. The molecule has 3 aromatic rings. The van der Waals surface area contributed by atoms with Gasteiger partial charge in [-0.3, -0.25) is 0 Å². The summed E-state index contributed by atoms with van der Waals surface area (Å²) in [6.45, 7) is 0.769. The monoisotopic (exact) mass is 505 g/mol. The summed E-state index contributed by atoms with van der Waals surface area (Å²) >= 11 is 3.29. The number of nitrogens with zero attached hydrogens (tertiary/aromatic N) is 1. The molecule has 0 radical (unpaired) electrons. The molecule has 4 nitrogen and oxygen atoms in total. The normalized spacial score (nSPS) is 12.5. The first-order valence-corrected chi connectivity index (χ1v) is 14.1. The maximum Gasteiger partial charge on any atom is 1.00 e. The third-order valence-electron chi connectivity index (χ3n) is 5.27. The zero-order valence-electron chi connectivity index (χ0n) is 18.7. The molecule has 0 saturated carbocycles. The van der Waals surface area contributed by atoms with Crippen LogP contribution in [0.5, 0.6) is 0 Å². The van der Waals surface area contributed by atoms with Gasteiger partial charge in [0.2, 0.25) is 0 Å². The van der Waals surface area contributed by atoms with Crippen LogP contribution in [-0.4, -0.2) is 30.7 Å². The van der Waals surface area contributed by atoms with E-state index < -0.39 is 10.1 Å². The molecule has 0 fully saturated rings. The van der Waals surface area contributed by atoms with Crippen LogP contribution >= 0.6 is 23.5 Å². The van der Waals surface area contributed by atoms with Crippen LogP contribution in [0.25, 0.3) is 5.57 Å². The Kier molecular flexibility index (Phi) is 9.59. The molecule has 1 aliphatic heterocycles.